The number of carbonyl (C=O) groups excluding carboxylic acids is 1. The highest BCUT2D eigenvalue weighted by molar-refractivity contribution is 7.95. The fourth-order valence-electron chi connectivity index (χ4n) is 2.44. The second kappa shape index (κ2) is 4.85. The Morgan fingerprint density at radius 3 is 2.59 bits per heavy atom. The number of aliphatic hydroxyl groups excluding tert-OH is 1. The predicted molar refractivity (Wildman–Crippen MR) is 76.9 cm³/mol. The van der Waals surface area contributed by atoms with Crippen LogP contribution in [-0.2, 0) is 19.4 Å². The van der Waals surface area contributed by atoms with Crippen LogP contribution in [0.2, 0.25) is 0 Å². The molecule has 2 aliphatic rings. The lowest BCUT2D eigenvalue weighted by Gasteiger charge is -2.28. The molecular formula is C14H13NO6S. The standard InChI is InChI=1S/C14H13NO6S/c1-20-7-3-4-8-11(5-7)22(18,19)14-9(15-8)6-10(21-2)12(16)13(14)17/h3-6,13,15,17H,1-2H3. The van der Waals surface area contributed by atoms with Crippen molar-refractivity contribution in [1.29, 1.82) is 0 Å². The summed E-state index contributed by atoms with van der Waals surface area (Å²) in [5.41, 5.74) is 0.467. The van der Waals surface area contributed by atoms with Crippen molar-refractivity contribution in [2.45, 2.75) is 11.0 Å². The van der Waals surface area contributed by atoms with Gasteiger partial charge in [-0.25, -0.2) is 8.42 Å². The highest BCUT2D eigenvalue weighted by Gasteiger charge is 2.42. The summed E-state index contributed by atoms with van der Waals surface area (Å²) in [6, 6.07) is 4.51. The van der Waals surface area contributed by atoms with Gasteiger partial charge in [-0.3, -0.25) is 4.79 Å². The normalized spacial score (nSPS) is 22.2. The molecule has 1 aliphatic heterocycles. The van der Waals surface area contributed by atoms with E-state index in [9.17, 15) is 18.3 Å². The van der Waals surface area contributed by atoms with Crippen molar-refractivity contribution in [3.8, 4) is 5.75 Å². The number of fused-ring (bicyclic) bond motifs is 1. The van der Waals surface area contributed by atoms with E-state index in [1.54, 1.807) is 12.1 Å². The van der Waals surface area contributed by atoms with Crippen LogP contribution in [0.15, 0.2) is 45.5 Å². The number of aliphatic hydroxyl groups is 1. The van der Waals surface area contributed by atoms with Crippen LogP contribution in [0, 0.1) is 0 Å². The number of hydrogen-bond donors (Lipinski definition) is 2. The first kappa shape index (κ1) is 14.6. The lowest BCUT2D eigenvalue weighted by Crippen LogP contribution is -2.36. The average Bonchev–Trinajstić information content (AvgIpc) is 2.50. The number of rotatable bonds is 2. The van der Waals surface area contributed by atoms with Crippen LogP contribution in [-0.4, -0.2) is 39.6 Å². The molecule has 1 unspecified atom stereocenters. The number of anilines is 1. The molecule has 2 N–H and O–H groups in total. The Morgan fingerprint density at radius 1 is 1.23 bits per heavy atom. The van der Waals surface area contributed by atoms with E-state index in [-0.39, 0.29) is 21.3 Å². The third kappa shape index (κ3) is 1.92. The van der Waals surface area contributed by atoms with Gasteiger partial charge < -0.3 is 19.9 Å². The molecular weight excluding hydrogens is 310 g/mol. The van der Waals surface area contributed by atoms with E-state index in [0.29, 0.717) is 11.4 Å². The molecule has 3 rings (SSSR count). The molecule has 0 spiro atoms. The Labute approximate surface area is 126 Å². The van der Waals surface area contributed by atoms with Crippen molar-refractivity contribution in [3.05, 3.63) is 40.6 Å². The first-order valence-electron chi connectivity index (χ1n) is 6.32. The highest BCUT2D eigenvalue weighted by Crippen LogP contribution is 2.40. The summed E-state index contributed by atoms with van der Waals surface area (Å²) in [6.45, 7) is 0. The van der Waals surface area contributed by atoms with Gasteiger partial charge in [-0.1, -0.05) is 0 Å². The molecule has 1 aromatic carbocycles. The van der Waals surface area contributed by atoms with Gasteiger partial charge in [0.2, 0.25) is 15.6 Å². The minimum Gasteiger partial charge on any atom is -0.497 e. The van der Waals surface area contributed by atoms with Crippen molar-refractivity contribution >= 4 is 21.3 Å². The summed E-state index contributed by atoms with van der Waals surface area (Å²) in [5.74, 6) is -0.540. The second-order valence-electron chi connectivity index (χ2n) is 4.75. The molecule has 1 aromatic rings. The van der Waals surface area contributed by atoms with Crippen LogP contribution in [0.4, 0.5) is 5.69 Å². The minimum atomic E-state index is -4.02. The van der Waals surface area contributed by atoms with Gasteiger partial charge in [-0.2, -0.15) is 0 Å². The smallest absolute Gasteiger partial charge is 0.231 e. The molecule has 1 aliphatic carbocycles. The van der Waals surface area contributed by atoms with Crippen LogP contribution in [0.3, 0.4) is 0 Å². The van der Waals surface area contributed by atoms with E-state index in [4.69, 9.17) is 9.47 Å². The summed E-state index contributed by atoms with van der Waals surface area (Å²) >= 11 is 0. The van der Waals surface area contributed by atoms with E-state index in [1.807, 2.05) is 0 Å². The molecule has 0 saturated carbocycles. The first-order chi connectivity index (χ1) is 10.4. The Hall–Kier alpha value is -2.32. The van der Waals surface area contributed by atoms with Crippen LogP contribution in [0.25, 0.3) is 0 Å². The molecule has 0 saturated heterocycles. The van der Waals surface area contributed by atoms with Crippen molar-refractivity contribution < 1.29 is 27.8 Å². The number of ketones is 1. The molecule has 22 heavy (non-hydrogen) atoms. The topological polar surface area (TPSA) is 102 Å². The molecule has 0 bridgehead atoms. The largest absolute Gasteiger partial charge is 0.497 e. The van der Waals surface area contributed by atoms with Crippen molar-refractivity contribution in [3.63, 3.8) is 0 Å². The molecule has 8 heteroatoms. The van der Waals surface area contributed by atoms with Gasteiger partial charge >= 0.3 is 0 Å². The molecule has 0 amide bonds. The molecule has 1 heterocycles. The maximum atomic E-state index is 12.7. The van der Waals surface area contributed by atoms with Crippen molar-refractivity contribution in [2.75, 3.05) is 19.5 Å². The zero-order valence-electron chi connectivity index (χ0n) is 11.8. The van der Waals surface area contributed by atoms with E-state index in [0.717, 1.165) is 0 Å². The molecule has 0 radical (unpaired) electrons. The molecule has 7 nitrogen and oxygen atoms in total. The van der Waals surface area contributed by atoms with Gasteiger partial charge in [0.15, 0.2) is 11.9 Å². The number of ether oxygens (including phenoxy) is 2. The average molecular weight is 323 g/mol. The van der Waals surface area contributed by atoms with Gasteiger partial charge in [0.05, 0.1) is 30.5 Å². The zero-order chi connectivity index (χ0) is 16.1. The number of allylic oxidation sites excluding steroid dienone is 1. The fourth-order valence-corrected chi connectivity index (χ4v) is 4.16. The zero-order valence-corrected chi connectivity index (χ0v) is 12.6. The van der Waals surface area contributed by atoms with Crippen LogP contribution >= 0.6 is 0 Å². The number of sulfone groups is 1. The third-order valence-electron chi connectivity index (χ3n) is 3.54. The fraction of sp³-hybridized carbons (Fsp3) is 0.214. The van der Waals surface area contributed by atoms with Gasteiger partial charge in [-0.05, 0) is 12.1 Å². The van der Waals surface area contributed by atoms with Gasteiger partial charge in [0.25, 0.3) is 0 Å². The summed E-state index contributed by atoms with van der Waals surface area (Å²) in [5, 5.41) is 13.0. The predicted octanol–water partition coefficient (Wildman–Crippen LogP) is 0.580. The SMILES string of the molecule is COC1=CC2=C(C(O)C1=O)S(=O)(=O)c1cc(OC)ccc1N2. The van der Waals surface area contributed by atoms with Crippen molar-refractivity contribution in [2.24, 2.45) is 0 Å². The second-order valence-corrected chi connectivity index (χ2v) is 6.63. The molecule has 0 fully saturated rings. The Kier molecular flexibility index (Phi) is 3.22. The monoisotopic (exact) mass is 323 g/mol. The molecule has 0 aromatic heterocycles. The lowest BCUT2D eigenvalue weighted by atomic mass is 10.1. The summed E-state index contributed by atoms with van der Waals surface area (Å²) in [4.78, 5) is 11.5. The number of hydrogen-bond acceptors (Lipinski definition) is 7. The highest BCUT2D eigenvalue weighted by atomic mass is 32.2. The van der Waals surface area contributed by atoms with Crippen LogP contribution in [0.1, 0.15) is 0 Å². The van der Waals surface area contributed by atoms with Gasteiger partial charge in [0.1, 0.15) is 10.7 Å². The minimum absolute atomic E-state index is 0.0493. The summed E-state index contributed by atoms with van der Waals surface area (Å²) < 4.78 is 35.3. The maximum absolute atomic E-state index is 12.7. The van der Waals surface area contributed by atoms with E-state index < -0.39 is 21.7 Å². The summed E-state index contributed by atoms with van der Waals surface area (Å²) in [7, 11) is -1.33. The number of methoxy groups -OCH3 is 2. The van der Waals surface area contributed by atoms with Crippen LogP contribution in [0.5, 0.6) is 5.75 Å². The number of Topliss-reactive ketones (excluding diaryl/α,β-unsaturated/α-hetero) is 1. The van der Waals surface area contributed by atoms with Crippen molar-refractivity contribution in [1.82, 2.24) is 0 Å². The first-order valence-corrected chi connectivity index (χ1v) is 7.80. The Balaban J connectivity index is 2.24. The lowest BCUT2D eigenvalue weighted by molar-refractivity contribution is -0.124. The third-order valence-corrected chi connectivity index (χ3v) is 5.48. The Morgan fingerprint density at radius 2 is 1.95 bits per heavy atom. The van der Waals surface area contributed by atoms with E-state index in [2.05, 4.69) is 5.32 Å². The maximum Gasteiger partial charge on any atom is 0.231 e. The summed E-state index contributed by atoms with van der Waals surface area (Å²) in [6.07, 6.45) is -0.526. The quantitative estimate of drug-likeness (QED) is 0.821. The number of carbonyl (C=O) groups is 1. The van der Waals surface area contributed by atoms with E-state index in [1.165, 1.54) is 26.4 Å². The molecule has 116 valence electrons. The van der Waals surface area contributed by atoms with Gasteiger partial charge in [-0.15, -0.1) is 0 Å². The van der Waals surface area contributed by atoms with E-state index >= 15 is 0 Å². The van der Waals surface area contributed by atoms with Gasteiger partial charge in [0, 0.05) is 12.1 Å². The Bertz CT molecular complexity index is 837. The number of benzene rings is 1. The number of nitrogens with one attached hydrogen (secondary N) is 1. The molecule has 1 atom stereocenters. The van der Waals surface area contributed by atoms with Crippen LogP contribution < -0.4 is 10.1 Å².